The maximum Gasteiger partial charge on any atom is 0.328 e. The second kappa shape index (κ2) is 5.25. The quantitative estimate of drug-likeness (QED) is 0.693. The van der Waals surface area contributed by atoms with Crippen LogP contribution in [0.4, 0.5) is 5.95 Å². The van der Waals surface area contributed by atoms with Crippen LogP contribution < -0.4 is 5.73 Å². The van der Waals surface area contributed by atoms with Gasteiger partial charge in [-0.15, -0.1) is 5.10 Å². The van der Waals surface area contributed by atoms with Gasteiger partial charge in [-0.25, -0.2) is 19.3 Å². The molecule has 0 fully saturated rings. The molecule has 0 radical (unpaired) electrons. The van der Waals surface area contributed by atoms with E-state index in [2.05, 4.69) is 20.2 Å². The average molecular weight is 251 g/mol. The summed E-state index contributed by atoms with van der Waals surface area (Å²) in [7, 11) is 0. The summed E-state index contributed by atoms with van der Waals surface area (Å²) < 4.78 is 8.01. The summed E-state index contributed by atoms with van der Waals surface area (Å²) in [4.78, 5) is 19.2. The maximum atomic E-state index is 11.5. The lowest BCUT2D eigenvalue weighted by Gasteiger charge is -2.05. The predicted octanol–water partition coefficient (Wildman–Crippen LogP) is -0.785. The van der Waals surface area contributed by atoms with Crippen LogP contribution in [0, 0.1) is 0 Å². The Bertz CT molecular complexity index is 533. The van der Waals surface area contributed by atoms with Crippen molar-refractivity contribution >= 4 is 11.9 Å². The molecule has 2 aromatic heterocycles. The number of hydrogen-bond acceptors (Lipinski definition) is 7. The van der Waals surface area contributed by atoms with Gasteiger partial charge < -0.3 is 10.5 Å². The van der Waals surface area contributed by atoms with E-state index in [0.717, 1.165) is 0 Å². The van der Waals surface area contributed by atoms with Crippen LogP contribution in [-0.4, -0.2) is 35.5 Å². The topological polar surface area (TPSA) is 114 Å². The molecule has 0 aliphatic carbocycles. The molecule has 0 atom stereocenters. The lowest BCUT2D eigenvalue weighted by molar-refractivity contribution is -0.146. The molecule has 0 aliphatic rings. The van der Waals surface area contributed by atoms with E-state index in [1.165, 1.54) is 17.3 Å². The number of carbonyl (C=O) groups is 1. The minimum atomic E-state index is -0.439. The normalized spacial score (nSPS) is 10.5. The number of anilines is 1. The van der Waals surface area contributed by atoms with Gasteiger partial charge in [0.1, 0.15) is 19.2 Å². The van der Waals surface area contributed by atoms with Crippen LogP contribution in [0.3, 0.4) is 0 Å². The van der Waals surface area contributed by atoms with Crippen LogP contribution in [0.25, 0.3) is 0 Å². The molecule has 0 aromatic carbocycles. The first-order valence-electron chi connectivity index (χ1n) is 5.36. The molecule has 9 nitrogen and oxygen atoms in total. The molecule has 2 rings (SSSR count). The van der Waals surface area contributed by atoms with Crippen molar-refractivity contribution in [2.24, 2.45) is 0 Å². The Morgan fingerprint density at radius 2 is 2.33 bits per heavy atom. The molecule has 0 spiro atoms. The van der Waals surface area contributed by atoms with Crippen molar-refractivity contribution in [1.82, 2.24) is 29.5 Å². The first-order valence-corrected chi connectivity index (χ1v) is 5.36. The molecular formula is C9H13N7O2. The molecule has 9 heteroatoms. The van der Waals surface area contributed by atoms with E-state index < -0.39 is 5.97 Å². The molecule has 0 unspecified atom stereocenters. The van der Waals surface area contributed by atoms with Crippen molar-refractivity contribution in [2.75, 3.05) is 5.73 Å². The number of hydrogen-bond donors (Lipinski definition) is 1. The molecule has 0 bridgehead atoms. The Morgan fingerprint density at radius 3 is 3.00 bits per heavy atom. The SMILES string of the molecule is CCn1ncnc1COC(=O)Cn1cnc(N)n1. The lowest BCUT2D eigenvalue weighted by atomic mass is 10.6. The standard InChI is InChI=1S/C9H13N7O2/c1-2-16-7(11-5-13-16)4-18-8(17)3-15-6-12-9(10)14-15/h5-6H,2-4H2,1H3,(H2,10,14). The van der Waals surface area contributed by atoms with Gasteiger partial charge in [-0.05, 0) is 6.92 Å². The Hall–Kier alpha value is -2.45. The molecule has 0 saturated carbocycles. The minimum absolute atomic E-state index is 0.0372. The second-order valence-corrected chi connectivity index (χ2v) is 3.45. The van der Waals surface area contributed by atoms with Crippen molar-refractivity contribution < 1.29 is 9.53 Å². The highest BCUT2D eigenvalue weighted by atomic mass is 16.5. The number of rotatable bonds is 5. The number of carbonyl (C=O) groups excluding carboxylic acids is 1. The lowest BCUT2D eigenvalue weighted by Crippen LogP contribution is -2.15. The average Bonchev–Trinajstić information content (AvgIpc) is 2.95. The second-order valence-electron chi connectivity index (χ2n) is 3.45. The summed E-state index contributed by atoms with van der Waals surface area (Å²) >= 11 is 0. The number of nitrogen functional groups attached to an aromatic ring is 1. The summed E-state index contributed by atoms with van der Waals surface area (Å²) in [5.74, 6) is 0.281. The van der Waals surface area contributed by atoms with Crippen LogP contribution in [0.5, 0.6) is 0 Å². The maximum absolute atomic E-state index is 11.5. The van der Waals surface area contributed by atoms with Crippen molar-refractivity contribution in [3.63, 3.8) is 0 Å². The van der Waals surface area contributed by atoms with Crippen molar-refractivity contribution in [3.05, 3.63) is 18.5 Å². The number of aromatic nitrogens is 6. The van der Waals surface area contributed by atoms with E-state index in [1.807, 2.05) is 6.92 Å². The van der Waals surface area contributed by atoms with Gasteiger partial charge in [0.05, 0.1) is 0 Å². The van der Waals surface area contributed by atoms with Crippen LogP contribution >= 0.6 is 0 Å². The Labute approximate surface area is 103 Å². The molecule has 2 heterocycles. The first-order chi connectivity index (χ1) is 8.69. The predicted molar refractivity (Wildman–Crippen MR) is 59.9 cm³/mol. The van der Waals surface area contributed by atoms with Gasteiger partial charge in [0, 0.05) is 6.54 Å². The van der Waals surface area contributed by atoms with E-state index >= 15 is 0 Å². The third-order valence-corrected chi connectivity index (χ3v) is 2.20. The van der Waals surface area contributed by atoms with Gasteiger partial charge in [0.25, 0.3) is 0 Å². The highest BCUT2D eigenvalue weighted by molar-refractivity contribution is 5.68. The van der Waals surface area contributed by atoms with E-state index in [9.17, 15) is 4.79 Å². The van der Waals surface area contributed by atoms with Gasteiger partial charge in [0.15, 0.2) is 12.4 Å². The third-order valence-electron chi connectivity index (χ3n) is 2.20. The van der Waals surface area contributed by atoms with E-state index in [0.29, 0.717) is 12.4 Å². The van der Waals surface area contributed by atoms with Gasteiger partial charge in [-0.2, -0.15) is 5.10 Å². The fraction of sp³-hybridized carbons (Fsp3) is 0.444. The molecule has 2 aromatic rings. The first kappa shape index (κ1) is 12.0. The summed E-state index contributed by atoms with van der Waals surface area (Å²) in [6.07, 6.45) is 2.79. The van der Waals surface area contributed by atoms with Crippen LogP contribution in [-0.2, 0) is 29.2 Å². The largest absolute Gasteiger partial charge is 0.456 e. The van der Waals surface area contributed by atoms with Crippen molar-refractivity contribution in [2.45, 2.75) is 26.6 Å². The molecule has 18 heavy (non-hydrogen) atoms. The fourth-order valence-corrected chi connectivity index (χ4v) is 1.37. The molecule has 0 amide bonds. The molecule has 0 aliphatic heterocycles. The molecule has 0 saturated heterocycles. The van der Waals surface area contributed by atoms with E-state index in [1.54, 1.807) is 4.68 Å². The number of nitrogens with two attached hydrogens (primary N) is 1. The highest BCUT2D eigenvalue weighted by Gasteiger charge is 2.09. The Kier molecular flexibility index (Phi) is 3.51. The monoisotopic (exact) mass is 251 g/mol. The highest BCUT2D eigenvalue weighted by Crippen LogP contribution is 1.98. The number of esters is 1. The van der Waals surface area contributed by atoms with Gasteiger partial charge in [-0.3, -0.25) is 4.79 Å². The zero-order valence-electron chi connectivity index (χ0n) is 9.85. The van der Waals surface area contributed by atoms with Crippen LogP contribution in [0.1, 0.15) is 12.7 Å². The number of aryl methyl sites for hydroxylation is 1. The molecular weight excluding hydrogens is 238 g/mol. The zero-order valence-corrected chi connectivity index (χ0v) is 9.85. The smallest absolute Gasteiger partial charge is 0.328 e. The fourth-order valence-electron chi connectivity index (χ4n) is 1.37. The molecule has 2 N–H and O–H groups in total. The van der Waals surface area contributed by atoms with Gasteiger partial charge in [0.2, 0.25) is 5.95 Å². The van der Waals surface area contributed by atoms with Crippen molar-refractivity contribution in [3.8, 4) is 0 Å². The summed E-state index contributed by atoms with van der Waals surface area (Å²) in [6.45, 7) is 2.64. The Balaban J connectivity index is 1.85. The van der Waals surface area contributed by atoms with Crippen LogP contribution in [0.15, 0.2) is 12.7 Å². The minimum Gasteiger partial charge on any atom is -0.456 e. The van der Waals surface area contributed by atoms with E-state index in [-0.39, 0.29) is 19.1 Å². The van der Waals surface area contributed by atoms with Gasteiger partial charge >= 0.3 is 5.97 Å². The molecule has 96 valence electrons. The van der Waals surface area contributed by atoms with E-state index in [4.69, 9.17) is 10.5 Å². The number of nitrogens with zero attached hydrogens (tertiary/aromatic N) is 6. The summed E-state index contributed by atoms with van der Waals surface area (Å²) in [5.41, 5.74) is 5.33. The summed E-state index contributed by atoms with van der Waals surface area (Å²) in [5, 5.41) is 7.75. The third kappa shape index (κ3) is 2.81. The Morgan fingerprint density at radius 1 is 1.50 bits per heavy atom. The van der Waals surface area contributed by atoms with Crippen molar-refractivity contribution in [1.29, 1.82) is 0 Å². The van der Waals surface area contributed by atoms with Crippen LogP contribution in [0.2, 0.25) is 0 Å². The summed E-state index contributed by atoms with van der Waals surface area (Å²) in [6, 6.07) is 0. The van der Waals surface area contributed by atoms with Gasteiger partial charge in [-0.1, -0.05) is 0 Å². The zero-order chi connectivity index (χ0) is 13.0. The number of ether oxygens (including phenoxy) is 1.